The number of benzene rings is 1. The van der Waals surface area contributed by atoms with Gasteiger partial charge in [0.1, 0.15) is 5.25 Å². The number of hydrogen-bond donors (Lipinski definition) is 1. The Bertz CT molecular complexity index is 652. The maximum Gasteiger partial charge on any atom is 0.316 e. The van der Waals surface area contributed by atoms with Crippen molar-refractivity contribution >= 4 is 28.6 Å². The standard InChI is InChI=1S/C16H17NO2S/c1-2-14(16(18)19)20-15-7-8-17-13-6-5-11(9-12(13)15)10-3-4-10/h5-10,14H,2-4H2,1H3,(H,18,19). The van der Waals surface area contributed by atoms with Gasteiger partial charge in [-0.05, 0) is 48.9 Å². The van der Waals surface area contributed by atoms with E-state index in [9.17, 15) is 9.90 Å². The molecule has 3 nitrogen and oxygen atoms in total. The third kappa shape index (κ3) is 2.66. The van der Waals surface area contributed by atoms with Gasteiger partial charge in [-0.2, -0.15) is 0 Å². The molecule has 1 aliphatic carbocycles. The summed E-state index contributed by atoms with van der Waals surface area (Å²) in [6.07, 6.45) is 4.91. The summed E-state index contributed by atoms with van der Waals surface area (Å²) in [4.78, 5) is 16.6. The molecule has 2 aromatic rings. The number of carbonyl (C=O) groups is 1. The molecule has 0 spiro atoms. The second-order valence-corrected chi connectivity index (χ2v) is 6.46. The lowest BCUT2D eigenvalue weighted by Crippen LogP contribution is -2.14. The summed E-state index contributed by atoms with van der Waals surface area (Å²) in [6.45, 7) is 1.91. The van der Waals surface area contributed by atoms with Crippen molar-refractivity contribution in [3.63, 3.8) is 0 Å². The van der Waals surface area contributed by atoms with Crippen molar-refractivity contribution < 1.29 is 9.90 Å². The molecule has 1 aromatic carbocycles. The number of thioether (sulfide) groups is 1. The van der Waals surface area contributed by atoms with E-state index in [0.29, 0.717) is 12.3 Å². The minimum atomic E-state index is -0.749. The zero-order chi connectivity index (χ0) is 14.1. The number of carboxylic acid groups (broad SMARTS) is 1. The lowest BCUT2D eigenvalue weighted by atomic mass is 10.1. The van der Waals surface area contributed by atoms with E-state index in [1.807, 2.05) is 13.0 Å². The zero-order valence-corrected chi connectivity index (χ0v) is 12.2. The molecule has 1 saturated carbocycles. The maximum absolute atomic E-state index is 11.2. The van der Waals surface area contributed by atoms with Crippen molar-refractivity contribution in [2.75, 3.05) is 0 Å². The molecule has 0 amide bonds. The Kier molecular flexibility index (Phi) is 3.66. The Balaban J connectivity index is 2.00. The van der Waals surface area contributed by atoms with Crippen LogP contribution in [0.1, 0.15) is 37.7 Å². The lowest BCUT2D eigenvalue weighted by Gasteiger charge is -2.12. The Morgan fingerprint density at radius 2 is 2.25 bits per heavy atom. The number of pyridine rings is 1. The molecule has 20 heavy (non-hydrogen) atoms. The number of nitrogens with zero attached hydrogens (tertiary/aromatic N) is 1. The summed E-state index contributed by atoms with van der Waals surface area (Å²) >= 11 is 1.43. The first-order valence-electron chi connectivity index (χ1n) is 6.97. The normalized spacial score (nSPS) is 16.2. The fourth-order valence-electron chi connectivity index (χ4n) is 2.37. The third-order valence-corrected chi connectivity index (χ3v) is 5.12. The Morgan fingerprint density at radius 1 is 1.45 bits per heavy atom. The highest BCUT2D eigenvalue weighted by Gasteiger charge is 2.24. The summed E-state index contributed by atoms with van der Waals surface area (Å²) in [6, 6.07) is 8.32. The number of aliphatic carboxylic acids is 1. The van der Waals surface area contributed by atoms with Crippen molar-refractivity contribution in [3.8, 4) is 0 Å². The summed E-state index contributed by atoms with van der Waals surface area (Å²) in [7, 11) is 0. The van der Waals surface area contributed by atoms with Gasteiger partial charge in [-0.1, -0.05) is 13.0 Å². The van der Waals surface area contributed by atoms with Crippen molar-refractivity contribution in [3.05, 3.63) is 36.0 Å². The second kappa shape index (κ2) is 5.44. The summed E-state index contributed by atoms with van der Waals surface area (Å²) in [5, 5.41) is 9.91. The topological polar surface area (TPSA) is 50.2 Å². The smallest absolute Gasteiger partial charge is 0.316 e. The van der Waals surface area contributed by atoms with Crippen molar-refractivity contribution in [2.45, 2.75) is 42.2 Å². The Labute approximate surface area is 122 Å². The molecule has 0 bridgehead atoms. The summed E-state index contributed by atoms with van der Waals surface area (Å²) < 4.78 is 0. The molecular formula is C16H17NO2S. The van der Waals surface area contributed by atoms with Gasteiger partial charge in [-0.25, -0.2) is 0 Å². The zero-order valence-electron chi connectivity index (χ0n) is 11.4. The van der Waals surface area contributed by atoms with Crippen molar-refractivity contribution in [1.82, 2.24) is 4.98 Å². The van der Waals surface area contributed by atoms with Crippen LogP contribution in [0.2, 0.25) is 0 Å². The molecular weight excluding hydrogens is 270 g/mol. The van der Waals surface area contributed by atoms with Crippen LogP contribution in [0.4, 0.5) is 0 Å². The van der Waals surface area contributed by atoms with Crippen molar-refractivity contribution in [2.24, 2.45) is 0 Å². The molecule has 1 fully saturated rings. The number of carboxylic acids is 1. The average Bonchev–Trinajstić information content (AvgIpc) is 3.28. The second-order valence-electron chi connectivity index (χ2n) is 5.21. The summed E-state index contributed by atoms with van der Waals surface area (Å²) in [5.41, 5.74) is 2.30. The van der Waals surface area contributed by atoms with Crippen LogP contribution in [0.25, 0.3) is 10.9 Å². The maximum atomic E-state index is 11.2. The highest BCUT2D eigenvalue weighted by Crippen LogP contribution is 2.42. The number of aromatic nitrogens is 1. The van der Waals surface area contributed by atoms with Gasteiger partial charge in [0.25, 0.3) is 0 Å². The fourth-order valence-corrected chi connectivity index (χ4v) is 3.38. The first-order chi connectivity index (χ1) is 9.69. The van der Waals surface area contributed by atoms with Crippen LogP contribution in [0, 0.1) is 0 Å². The molecule has 3 rings (SSSR count). The molecule has 1 heterocycles. The van der Waals surface area contributed by atoms with E-state index in [4.69, 9.17) is 0 Å². The Morgan fingerprint density at radius 3 is 2.90 bits per heavy atom. The van der Waals surface area contributed by atoms with Crippen LogP contribution in [-0.2, 0) is 4.79 Å². The largest absolute Gasteiger partial charge is 0.480 e. The van der Waals surface area contributed by atoms with Crippen LogP contribution in [0.5, 0.6) is 0 Å². The molecule has 0 aliphatic heterocycles. The van der Waals surface area contributed by atoms with Gasteiger partial charge in [-0.3, -0.25) is 9.78 Å². The fraction of sp³-hybridized carbons (Fsp3) is 0.375. The molecule has 1 aromatic heterocycles. The average molecular weight is 287 g/mol. The molecule has 1 atom stereocenters. The first-order valence-corrected chi connectivity index (χ1v) is 7.85. The summed E-state index contributed by atoms with van der Waals surface area (Å²) in [5.74, 6) is -0.0558. The predicted molar refractivity (Wildman–Crippen MR) is 81.3 cm³/mol. The van der Waals surface area contributed by atoms with E-state index in [1.165, 1.54) is 30.2 Å². The monoisotopic (exact) mass is 287 g/mol. The van der Waals surface area contributed by atoms with Crippen LogP contribution < -0.4 is 0 Å². The molecule has 0 radical (unpaired) electrons. The van der Waals surface area contributed by atoms with Crippen molar-refractivity contribution in [1.29, 1.82) is 0 Å². The minimum absolute atomic E-state index is 0.398. The minimum Gasteiger partial charge on any atom is -0.480 e. The Hall–Kier alpha value is -1.55. The van der Waals surface area contributed by atoms with Crippen LogP contribution in [-0.4, -0.2) is 21.3 Å². The van der Waals surface area contributed by atoms with E-state index in [0.717, 1.165) is 15.8 Å². The highest BCUT2D eigenvalue weighted by molar-refractivity contribution is 8.00. The molecule has 104 valence electrons. The first kappa shape index (κ1) is 13.4. The molecule has 1 N–H and O–H groups in total. The van der Waals surface area contributed by atoms with Gasteiger partial charge in [-0.15, -0.1) is 11.8 Å². The number of hydrogen-bond acceptors (Lipinski definition) is 3. The van der Waals surface area contributed by atoms with Crippen LogP contribution in [0.3, 0.4) is 0 Å². The molecule has 0 saturated heterocycles. The number of rotatable bonds is 5. The molecule has 4 heteroatoms. The van der Waals surface area contributed by atoms with Gasteiger partial charge in [0, 0.05) is 16.5 Å². The van der Waals surface area contributed by atoms with Crippen LogP contribution in [0.15, 0.2) is 35.4 Å². The van der Waals surface area contributed by atoms with E-state index in [1.54, 1.807) is 6.20 Å². The van der Waals surface area contributed by atoms with E-state index in [-0.39, 0.29) is 0 Å². The van der Waals surface area contributed by atoms with Gasteiger partial charge >= 0.3 is 5.97 Å². The predicted octanol–water partition coefficient (Wildman–Crippen LogP) is 4.07. The molecule has 1 aliphatic rings. The van der Waals surface area contributed by atoms with Crippen LogP contribution >= 0.6 is 11.8 Å². The van der Waals surface area contributed by atoms with Gasteiger partial charge in [0.05, 0.1) is 5.52 Å². The lowest BCUT2D eigenvalue weighted by molar-refractivity contribution is -0.136. The highest BCUT2D eigenvalue weighted by atomic mass is 32.2. The quantitative estimate of drug-likeness (QED) is 0.842. The molecule has 1 unspecified atom stereocenters. The van der Waals surface area contributed by atoms with Gasteiger partial charge in [0.15, 0.2) is 0 Å². The van der Waals surface area contributed by atoms with Gasteiger partial charge in [0.2, 0.25) is 0 Å². The van der Waals surface area contributed by atoms with E-state index >= 15 is 0 Å². The number of fused-ring (bicyclic) bond motifs is 1. The SMILES string of the molecule is CCC(Sc1ccnc2ccc(C3CC3)cc12)C(=O)O. The van der Waals surface area contributed by atoms with E-state index < -0.39 is 11.2 Å². The van der Waals surface area contributed by atoms with Gasteiger partial charge < -0.3 is 5.11 Å². The third-order valence-electron chi connectivity index (χ3n) is 3.69. The van der Waals surface area contributed by atoms with E-state index in [2.05, 4.69) is 23.2 Å².